The molecule has 0 aliphatic carbocycles. The Morgan fingerprint density at radius 3 is 2.20 bits per heavy atom. The van der Waals surface area contributed by atoms with E-state index in [0.717, 1.165) is 0 Å². The summed E-state index contributed by atoms with van der Waals surface area (Å²) >= 11 is 0. The first-order chi connectivity index (χ1) is 11.8. The molecule has 1 aliphatic heterocycles. The maximum absolute atomic E-state index is 12.3. The van der Waals surface area contributed by atoms with Gasteiger partial charge in [0.1, 0.15) is 5.92 Å². The van der Waals surface area contributed by atoms with Crippen LogP contribution in [0.3, 0.4) is 0 Å². The largest absolute Gasteiger partial charge is 0.468 e. The molecule has 1 aromatic rings. The fourth-order valence-electron chi connectivity index (χ4n) is 3.01. The number of aliphatic imine (C=N–C) groups is 1. The zero-order chi connectivity index (χ0) is 18.7. The Labute approximate surface area is 144 Å². The Bertz CT molecular complexity index is 779. The van der Waals surface area contributed by atoms with Crippen LogP contribution in [-0.4, -0.2) is 36.8 Å². The topological polar surface area (TPSA) is 108 Å². The molecular formula is C17H18N2O6. The maximum atomic E-state index is 12.3. The molecule has 0 amide bonds. The molecule has 8 heteroatoms. The number of nitro benzene ring substituents is 1. The zero-order valence-electron chi connectivity index (χ0n) is 14.3. The number of nitrogens with zero attached hydrogens (tertiary/aromatic N) is 2. The molecule has 0 spiro atoms. The van der Waals surface area contributed by atoms with Crippen LogP contribution in [0, 0.1) is 16.0 Å². The van der Waals surface area contributed by atoms with Crippen molar-refractivity contribution in [3.63, 3.8) is 0 Å². The number of benzene rings is 1. The van der Waals surface area contributed by atoms with Crippen molar-refractivity contribution in [2.75, 3.05) is 14.2 Å². The van der Waals surface area contributed by atoms with Crippen LogP contribution in [0.5, 0.6) is 0 Å². The van der Waals surface area contributed by atoms with E-state index in [1.54, 1.807) is 13.8 Å². The van der Waals surface area contributed by atoms with Crippen LogP contribution in [0.4, 0.5) is 5.69 Å². The SMILES string of the molecule is COC(=O)C1=C(C)N=C(C)C(C(=O)OC)C1c1ccc([N+](=O)[O-])cc1. The van der Waals surface area contributed by atoms with Crippen LogP contribution in [0.2, 0.25) is 0 Å². The molecule has 0 radical (unpaired) electrons. The number of ether oxygens (including phenoxy) is 2. The van der Waals surface area contributed by atoms with Gasteiger partial charge in [0.05, 0.1) is 24.7 Å². The van der Waals surface area contributed by atoms with E-state index in [0.29, 0.717) is 17.0 Å². The van der Waals surface area contributed by atoms with Crippen molar-refractivity contribution in [3.05, 3.63) is 51.2 Å². The second kappa shape index (κ2) is 7.25. The number of methoxy groups -OCH3 is 2. The monoisotopic (exact) mass is 346 g/mol. The average molecular weight is 346 g/mol. The summed E-state index contributed by atoms with van der Waals surface area (Å²) in [5.41, 5.74) is 1.65. The summed E-state index contributed by atoms with van der Waals surface area (Å²) in [5.74, 6) is -2.66. The van der Waals surface area contributed by atoms with E-state index in [1.807, 2.05) is 0 Å². The lowest BCUT2D eigenvalue weighted by Gasteiger charge is -2.31. The standard InChI is InChI=1S/C17H18N2O6/c1-9-13(16(20)24-3)15(14(10(2)18-9)17(21)25-4)11-5-7-12(8-6-11)19(22)23/h5-8,13,15H,1-4H3. The van der Waals surface area contributed by atoms with Gasteiger partial charge in [0.15, 0.2) is 0 Å². The van der Waals surface area contributed by atoms with Gasteiger partial charge in [-0.05, 0) is 19.4 Å². The summed E-state index contributed by atoms with van der Waals surface area (Å²) in [5, 5.41) is 10.9. The third-order valence-electron chi connectivity index (χ3n) is 4.15. The highest BCUT2D eigenvalue weighted by Crippen LogP contribution is 2.40. The third-order valence-corrected chi connectivity index (χ3v) is 4.15. The molecule has 1 aliphatic rings. The lowest BCUT2D eigenvalue weighted by atomic mass is 9.75. The van der Waals surface area contributed by atoms with Crippen LogP contribution in [0.25, 0.3) is 0 Å². The minimum Gasteiger partial charge on any atom is -0.468 e. The third kappa shape index (κ3) is 3.42. The number of carbonyl (C=O) groups is 2. The number of rotatable bonds is 4. The van der Waals surface area contributed by atoms with Crippen LogP contribution in [0.1, 0.15) is 25.3 Å². The first-order valence-corrected chi connectivity index (χ1v) is 7.48. The summed E-state index contributed by atoms with van der Waals surface area (Å²) in [6.07, 6.45) is 0. The highest BCUT2D eigenvalue weighted by molar-refractivity contribution is 6.06. The number of allylic oxidation sites excluding steroid dienone is 1. The lowest BCUT2D eigenvalue weighted by molar-refractivity contribution is -0.384. The number of carbonyl (C=O) groups excluding carboxylic acids is 2. The van der Waals surface area contributed by atoms with E-state index in [4.69, 9.17) is 9.47 Å². The molecule has 0 saturated carbocycles. The van der Waals surface area contributed by atoms with Crippen molar-refractivity contribution in [1.82, 2.24) is 0 Å². The van der Waals surface area contributed by atoms with Gasteiger partial charge in [-0.15, -0.1) is 0 Å². The van der Waals surface area contributed by atoms with Crippen molar-refractivity contribution in [2.24, 2.45) is 10.9 Å². The highest BCUT2D eigenvalue weighted by atomic mass is 16.6. The number of hydrogen-bond acceptors (Lipinski definition) is 7. The normalized spacial score (nSPS) is 19.9. The summed E-state index contributed by atoms with van der Waals surface area (Å²) < 4.78 is 9.71. The molecule has 132 valence electrons. The number of esters is 2. The lowest BCUT2D eigenvalue weighted by Crippen LogP contribution is -2.36. The smallest absolute Gasteiger partial charge is 0.336 e. The molecule has 2 unspecified atom stereocenters. The highest BCUT2D eigenvalue weighted by Gasteiger charge is 2.42. The number of non-ortho nitro benzene ring substituents is 1. The van der Waals surface area contributed by atoms with Gasteiger partial charge in [-0.25, -0.2) is 4.79 Å². The summed E-state index contributed by atoms with van der Waals surface area (Å²) in [6, 6.07) is 5.70. The molecule has 0 aromatic heterocycles. The predicted octanol–water partition coefficient (Wildman–Crippen LogP) is 2.39. The average Bonchev–Trinajstić information content (AvgIpc) is 2.60. The molecular weight excluding hydrogens is 328 g/mol. The molecule has 0 bridgehead atoms. The summed E-state index contributed by atoms with van der Waals surface area (Å²) in [6.45, 7) is 3.33. The Morgan fingerprint density at radius 1 is 1.12 bits per heavy atom. The van der Waals surface area contributed by atoms with Crippen molar-refractivity contribution in [3.8, 4) is 0 Å². The van der Waals surface area contributed by atoms with E-state index < -0.39 is 28.7 Å². The van der Waals surface area contributed by atoms with Gasteiger partial charge in [-0.2, -0.15) is 0 Å². The first kappa shape index (κ1) is 18.3. The molecule has 1 aromatic carbocycles. The Morgan fingerprint density at radius 2 is 1.72 bits per heavy atom. The fraction of sp³-hybridized carbons (Fsp3) is 0.353. The second-order valence-corrected chi connectivity index (χ2v) is 5.57. The van der Waals surface area contributed by atoms with Crippen LogP contribution in [0.15, 0.2) is 40.5 Å². The maximum Gasteiger partial charge on any atom is 0.336 e. The molecule has 2 rings (SSSR count). The van der Waals surface area contributed by atoms with E-state index in [-0.39, 0.29) is 11.3 Å². The predicted molar refractivity (Wildman–Crippen MR) is 89.2 cm³/mol. The van der Waals surface area contributed by atoms with Gasteiger partial charge < -0.3 is 9.47 Å². The van der Waals surface area contributed by atoms with Gasteiger partial charge in [-0.3, -0.25) is 19.9 Å². The minimum atomic E-state index is -0.816. The van der Waals surface area contributed by atoms with Crippen molar-refractivity contribution < 1.29 is 24.0 Å². The Kier molecular flexibility index (Phi) is 5.31. The molecule has 0 N–H and O–H groups in total. The summed E-state index contributed by atoms with van der Waals surface area (Å²) in [4.78, 5) is 39.2. The quantitative estimate of drug-likeness (QED) is 0.470. The van der Waals surface area contributed by atoms with E-state index >= 15 is 0 Å². The van der Waals surface area contributed by atoms with Gasteiger partial charge in [-0.1, -0.05) is 12.1 Å². The zero-order valence-corrected chi connectivity index (χ0v) is 14.3. The second-order valence-electron chi connectivity index (χ2n) is 5.57. The molecule has 0 fully saturated rings. The van der Waals surface area contributed by atoms with Crippen molar-refractivity contribution >= 4 is 23.3 Å². The minimum absolute atomic E-state index is 0.0834. The van der Waals surface area contributed by atoms with Gasteiger partial charge in [0.25, 0.3) is 5.69 Å². The number of hydrogen-bond donors (Lipinski definition) is 0. The Balaban J connectivity index is 2.63. The van der Waals surface area contributed by atoms with E-state index in [1.165, 1.54) is 38.5 Å². The molecule has 2 atom stereocenters. The van der Waals surface area contributed by atoms with Crippen molar-refractivity contribution in [2.45, 2.75) is 19.8 Å². The summed E-state index contributed by atoms with van der Waals surface area (Å²) in [7, 11) is 2.50. The van der Waals surface area contributed by atoms with E-state index in [9.17, 15) is 19.7 Å². The van der Waals surface area contributed by atoms with Crippen LogP contribution >= 0.6 is 0 Å². The number of nitro groups is 1. The van der Waals surface area contributed by atoms with E-state index in [2.05, 4.69) is 4.99 Å². The van der Waals surface area contributed by atoms with Gasteiger partial charge in [0, 0.05) is 29.5 Å². The fourth-order valence-corrected chi connectivity index (χ4v) is 3.01. The Hall–Kier alpha value is -3.03. The first-order valence-electron chi connectivity index (χ1n) is 7.48. The molecule has 0 saturated heterocycles. The van der Waals surface area contributed by atoms with Crippen LogP contribution in [-0.2, 0) is 19.1 Å². The molecule has 25 heavy (non-hydrogen) atoms. The van der Waals surface area contributed by atoms with Gasteiger partial charge >= 0.3 is 11.9 Å². The molecule has 1 heterocycles. The van der Waals surface area contributed by atoms with Crippen molar-refractivity contribution in [1.29, 1.82) is 0 Å². The van der Waals surface area contributed by atoms with Crippen LogP contribution < -0.4 is 0 Å². The van der Waals surface area contributed by atoms with Gasteiger partial charge in [0.2, 0.25) is 0 Å². The molecule has 8 nitrogen and oxygen atoms in total.